The second-order valence-corrected chi connectivity index (χ2v) is 8.03. The highest BCUT2D eigenvalue weighted by molar-refractivity contribution is 5.89. The number of amides is 1. The molecule has 1 aliphatic heterocycles. The van der Waals surface area contributed by atoms with Gasteiger partial charge in [0, 0.05) is 6.54 Å². The Labute approximate surface area is 171 Å². The number of rotatable bonds is 6. The minimum atomic E-state index is -0.949. The number of carboxylic acids is 1. The highest BCUT2D eigenvalue weighted by Crippen LogP contribution is 2.44. The van der Waals surface area contributed by atoms with Gasteiger partial charge in [-0.3, -0.25) is 4.79 Å². The molecule has 7 nitrogen and oxygen atoms in total. The molecule has 0 unspecified atom stereocenters. The largest absolute Gasteiger partial charge is 0.504 e. The van der Waals surface area contributed by atoms with E-state index in [9.17, 15) is 19.8 Å². The summed E-state index contributed by atoms with van der Waals surface area (Å²) in [5, 5.41) is 20.1. The standard InChI is InChI=1S/C22H31NO6/c1-28-18-13-15(12-17(24)20(18)29-2)19(14-8-4-3-5-9-14)21(25)23-11-7-6-10-16(23)22(26)27/h12-14,16,19,24H,3-11H2,1-2H3,(H,26,27)/t16-,19+/m0/s1. The molecule has 3 rings (SSSR count). The van der Waals surface area contributed by atoms with E-state index in [1.165, 1.54) is 14.2 Å². The first kappa shape index (κ1) is 21.3. The molecule has 2 atom stereocenters. The molecule has 2 fully saturated rings. The van der Waals surface area contributed by atoms with E-state index >= 15 is 0 Å². The number of aromatic hydroxyl groups is 1. The average molecular weight is 405 g/mol. The fraction of sp³-hybridized carbons (Fsp3) is 0.636. The van der Waals surface area contributed by atoms with Gasteiger partial charge in [-0.25, -0.2) is 4.79 Å². The number of carbonyl (C=O) groups is 2. The normalized spacial score (nSPS) is 21.4. The van der Waals surface area contributed by atoms with Crippen molar-refractivity contribution >= 4 is 11.9 Å². The number of benzene rings is 1. The summed E-state index contributed by atoms with van der Waals surface area (Å²) in [4.78, 5) is 27.0. The summed E-state index contributed by atoms with van der Waals surface area (Å²) in [6, 6.07) is 2.53. The second-order valence-electron chi connectivity index (χ2n) is 8.03. The van der Waals surface area contributed by atoms with Gasteiger partial charge in [-0.05, 0) is 55.7 Å². The van der Waals surface area contributed by atoms with Crippen LogP contribution in [0.25, 0.3) is 0 Å². The van der Waals surface area contributed by atoms with Crippen LogP contribution >= 0.6 is 0 Å². The minimum absolute atomic E-state index is 0.0797. The fourth-order valence-corrected chi connectivity index (χ4v) is 4.86. The number of phenols is 1. The van der Waals surface area contributed by atoms with Gasteiger partial charge in [0.1, 0.15) is 6.04 Å². The van der Waals surface area contributed by atoms with E-state index in [2.05, 4.69) is 0 Å². The van der Waals surface area contributed by atoms with E-state index in [-0.39, 0.29) is 23.3 Å². The van der Waals surface area contributed by atoms with E-state index < -0.39 is 17.9 Å². The van der Waals surface area contributed by atoms with Crippen LogP contribution in [0.4, 0.5) is 0 Å². The smallest absolute Gasteiger partial charge is 0.326 e. The fourth-order valence-electron chi connectivity index (χ4n) is 4.86. The number of ether oxygens (including phenoxy) is 2. The summed E-state index contributed by atoms with van der Waals surface area (Å²) >= 11 is 0. The molecule has 1 saturated heterocycles. The predicted molar refractivity (Wildman–Crippen MR) is 108 cm³/mol. The second kappa shape index (κ2) is 9.37. The molecule has 1 saturated carbocycles. The maximum atomic E-state index is 13.7. The Balaban J connectivity index is 2.02. The lowest BCUT2D eigenvalue weighted by Gasteiger charge is -2.38. The van der Waals surface area contributed by atoms with Gasteiger partial charge in [0.2, 0.25) is 11.7 Å². The number of likely N-dealkylation sites (tertiary alicyclic amines) is 1. The van der Waals surface area contributed by atoms with Gasteiger partial charge >= 0.3 is 5.97 Å². The molecule has 1 heterocycles. The van der Waals surface area contributed by atoms with Crippen LogP contribution < -0.4 is 9.47 Å². The lowest BCUT2D eigenvalue weighted by atomic mass is 9.75. The number of nitrogens with zero attached hydrogens (tertiary/aromatic N) is 1. The van der Waals surface area contributed by atoms with Gasteiger partial charge < -0.3 is 24.6 Å². The highest BCUT2D eigenvalue weighted by Gasteiger charge is 2.40. The van der Waals surface area contributed by atoms with Crippen molar-refractivity contribution in [1.82, 2.24) is 4.90 Å². The van der Waals surface area contributed by atoms with Gasteiger partial charge in [0.05, 0.1) is 20.1 Å². The molecule has 0 spiro atoms. The number of piperidine rings is 1. The predicted octanol–water partition coefficient (Wildman–Crippen LogP) is 3.54. The Morgan fingerprint density at radius 1 is 1.03 bits per heavy atom. The lowest BCUT2D eigenvalue weighted by molar-refractivity contribution is -0.153. The third-order valence-corrected chi connectivity index (χ3v) is 6.30. The number of phenolic OH excluding ortho intramolecular Hbond substituents is 1. The van der Waals surface area contributed by atoms with Crippen LogP contribution in [0.5, 0.6) is 17.2 Å². The monoisotopic (exact) mass is 405 g/mol. The maximum Gasteiger partial charge on any atom is 0.326 e. The molecule has 2 aliphatic rings. The topological polar surface area (TPSA) is 96.3 Å². The van der Waals surface area contributed by atoms with E-state index in [0.29, 0.717) is 24.3 Å². The quantitative estimate of drug-likeness (QED) is 0.751. The Kier molecular flexibility index (Phi) is 6.87. The van der Waals surface area contributed by atoms with Gasteiger partial charge in [0.25, 0.3) is 0 Å². The van der Waals surface area contributed by atoms with E-state index in [4.69, 9.17) is 9.47 Å². The van der Waals surface area contributed by atoms with Crippen molar-refractivity contribution in [2.75, 3.05) is 20.8 Å². The third kappa shape index (κ3) is 4.43. The first-order valence-corrected chi connectivity index (χ1v) is 10.5. The van der Waals surface area contributed by atoms with Crippen molar-refractivity contribution < 1.29 is 29.3 Å². The number of aliphatic carboxylic acids is 1. The zero-order valence-electron chi connectivity index (χ0n) is 17.2. The molecule has 1 aliphatic carbocycles. The average Bonchev–Trinajstić information content (AvgIpc) is 2.74. The summed E-state index contributed by atoms with van der Waals surface area (Å²) in [7, 11) is 2.94. The number of carboxylic acid groups (broad SMARTS) is 1. The molecule has 7 heteroatoms. The Morgan fingerprint density at radius 2 is 1.72 bits per heavy atom. The van der Waals surface area contributed by atoms with Crippen molar-refractivity contribution in [1.29, 1.82) is 0 Å². The third-order valence-electron chi connectivity index (χ3n) is 6.30. The van der Waals surface area contributed by atoms with Crippen molar-refractivity contribution in [3.8, 4) is 17.2 Å². The molecular weight excluding hydrogens is 374 g/mol. The molecule has 1 aromatic rings. The Morgan fingerprint density at radius 3 is 2.34 bits per heavy atom. The van der Waals surface area contributed by atoms with Gasteiger partial charge in [-0.15, -0.1) is 0 Å². The molecule has 1 amide bonds. The van der Waals surface area contributed by atoms with Crippen molar-refractivity contribution in [3.63, 3.8) is 0 Å². The first-order valence-electron chi connectivity index (χ1n) is 10.5. The summed E-state index contributed by atoms with van der Waals surface area (Å²) < 4.78 is 10.6. The van der Waals surface area contributed by atoms with Crippen LogP contribution in [-0.2, 0) is 9.59 Å². The molecule has 1 aromatic carbocycles. The number of methoxy groups -OCH3 is 2. The van der Waals surface area contributed by atoms with Crippen molar-refractivity contribution in [2.45, 2.75) is 63.3 Å². The van der Waals surface area contributed by atoms with Crippen LogP contribution in [0.1, 0.15) is 62.8 Å². The molecule has 0 aromatic heterocycles. The molecular formula is C22H31NO6. The van der Waals surface area contributed by atoms with Crippen molar-refractivity contribution in [3.05, 3.63) is 17.7 Å². The molecule has 29 heavy (non-hydrogen) atoms. The number of hydrogen-bond donors (Lipinski definition) is 2. The minimum Gasteiger partial charge on any atom is -0.504 e. The number of hydrogen-bond acceptors (Lipinski definition) is 5. The SMILES string of the molecule is COc1cc([C@H](C(=O)N2CCCC[C@H]2C(=O)O)C2CCCCC2)cc(O)c1OC. The van der Waals surface area contributed by atoms with Gasteiger partial charge in [-0.2, -0.15) is 0 Å². The summed E-state index contributed by atoms with van der Waals surface area (Å²) in [6.45, 7) is 0.457. The van der Waals surface area contributed by atoms with Gasteiger partial charge in [-0.1, -0.05) is 19.3 Å². The Hall–Kier alpha value is -2.44. The van der Waals surface area contributed by atoms with E-state index in [1.807, 2.05) is 0 Å². The molecule has 2 N–H and O–H groups in total. The Bertz CT molecular complexity index is 743. The summed E-state index contributed by atoms with van der Waals surface area (Å²) in [5.41, 5.74) is 0.659. The molecule has 160 valence electrons. The number of carbonyl (C=O) groups excluding carboxylic acids is 1. The van der Waals surface area contributed by atoms with Crippen molar-refractivity contribution in [2.24, 2.45) is 5.92 Å². The van der Waals surface area contributed by atoms with Gasteiger partial charge in [0.15, 0.2) is 11.5 Å². The van der Waals surface area contributed by atoms with Crippen LogP contribution in [0.3, 0.4) is 0 Å². The van der Waals surface area contributed by atoms with E-state index in [1.54, 1.807) is 17.0 Å². The van der Waals surface area contributed by atoms with Crippen LogP contribution in [0.2, 0.25) is 0 Å². The summed E-state index contributed by atoms with van der Waals surface area (Å²) in [6.07, 6.45) is 7.18. The lowest BCUT2D eigenvalue weighted by Crippen LogP contribution is -2.50. The maximum absolute atomic E-state index is 13.7. The van der Waals surface area contributed by atoms with Crippen LogP contribution in [0, 0.1) is 5.92 Å². The van der Waals surface area contributed by atoms with E-state index in [0.717, 1.165) is 44.9 Å². The van der Waals surface area contributed by atoms with Crippen LogP contribution in [0.15, 0.2) is 12.1 Å². The molecule has 0 radical (unpaired) electrons. The molecule has 0 bridgehead atoms. The highest BCUT2D eigenvalue weighted by atomic mass is 16.5. The zero-order valence-corrected chi connectivity index (χ0v) is 17.2. The van der Waals surface area contributed by atoms with Crippen LogP contribution in [-0.4, -0.2) is 53.8 Å². The first-order chi connectivity index (χ1) is 14.0. The summed E-state index contributed by atoms with van der Waals surface area (Å²) in [5.74, 6) is -0.974. The zero-order chi connectivity index (χ0) is 21.0.